The smallest absolute Gasteiger partial charge is 0.414 e. The molecular formula is C14H21IN2O2. The van der Waals surface area contributed by atoms with Gasteiger partial charge in [0.2, 0.25) is 0 Å². The van der Waals surface area contributed by atoms with Crippen LogP contribution in [0.4, 0.5) is 10.5 Å². The van der Waals surface area contributed by atoms with E-state index in [-0.39, 0.29) is 30.1 Å². The van der Waals surface area contributed by atoms with Crippen LogP contribution < -0.4 is 33.2 Å². The average Bonchev–Trinajstić information content (AvgIpc) is 2.28. The number of ether oxygens (including phenoxy) is 1. The number of halogens is 1. The number of aryl methyl sites for hydroxylation is 1. The van der Waals surface area contributed by atoms with Crippen molar-refractivity contribution in [3.63, 3.8) is 0 Å². The minimum Gasteiger partial charge on any atom is -1.00 e. The van der Waals surface area contributed by atoms with Gasteiger partial charge in [0.05, 0.1) is 20.6 Å². The lowest BCUT2D eigenvalue weighted by molar-refractivity contribution is -0.00000915. The Morgan fingerprint density at radius 3 is 2.63 bits per heavy atom. The number of benzene rings is 1. The van der Waals surface area contributed by atoms with Crippen molar-refractivity contribution in [1.29, 1.82) is 0 Å². The number of amides is 1. The lowest BCUT2D eigenvalue weighted by Gasteiger charge is -2.35. The van der Waals surface area contributed by atoms with Gasteiger partial charge < -0.3 is 33.6 Å². The molecule has 1 aliphatic rings. The molecule has 0 unspecified atom stereocenters. The molecule has 106 valence electrons. The number of hydrogen-bond acceptors (Lipinski definition) is 2. The van der Waals surface area contributed by atoms with Crippen LogP contribution in [0.5, 0.6) is 5.75 Å². The topological polar surface area (TPSA) is 29.5 Å². The summed E-state index contributed by atoms with van der Waals surface area (Å²) in [6.07, 6.45) is 1.91. The zero-order valence-corrected chi connectivity index (χ0v) is 14.1. The van der Waals surface area contributed by atoms with E-state index in [0.29, 0.717) is 5.75 Å². The summed E-state index contributed by atoms with van der Waals surface area (Å²) < 4.78 is 6.25. The highest BCUT2D eigenvalue weighted by atomic mass is 127. The van der Waals surface area contributed by atoms with Crippen LogP contribution in [0.15, 0.2) is 18.2 Å². The van der Waals surface area contributed by atoms with Crippen molar-refractivity contribution < 1.29 is 33.5 Å². The summed E-state index contributed by atoms with van der Waals surface area (Å²) in [6.45, 7) is 1.07. The minimum atomic E-state index is -0.325. The molecule has 0 atom stereocenters. The molecule has 0 bridgehead atoms. The highest BCUT2D eigenvalue weighted by Gasteiger charge is 2.31. The van der Waals surface area contributed by atoms with Gasteiger partial charge in [-0.2, -0.15) is 0 Å². The fourth-order valence-corrected chi connectivity index (χ4v) is 2.50. The quantitative estimate of drug-likeness (QED) is 0.478. The SMILES string of the molecule is CN(C)C(=O)Oc1cccc2c1[N+](C)(C)CCC2.[I-]. The lowest BCUT2D eigenvalue weighted by atomic mass is 9.99. The molecule has 0 N–H and O–H groups in total. The standard InChI is InChI=1S/C14H21N2O2.HI/c1-15(2)14(17)18-12-9-5-7-11-8-6-10-16(3,4)13(11)12;/h5,7,9H,6,8,10H2,1-4H3;1H/q+1;/p-1. The number of para-hydroxylation sites is 1. The Balaban J connectivity index is 0.00000180. The Kier molecular flexibility index (Phi) is 5.20. The Bertz CT molecular complexity index is 473. The molecule has 2 rings (SSSR count). The Hall–Kier alpha value is -0.820. The van der Waals surface area contributed by atoms with Crippen molar-refractivity contribution in [3.8, 4) is 5.75 Å². The van der Waals surface area contributed by atoms with Gasteiger partial charge in [0.1, 0.15) is 0 Å². The number of hydrogen-bond donors (Lipinski definition) is 0. The maximum atomic E-state index is 11.7. The number of quaternary nitrogens is 1. The predicted octanol–water partition coefficient (Wildman–Crippen LogP) is -0.736. The van der Waals surface area contributed by atoms with Gasteiger partial charge in [0, 0.05) is 26.1 Å². The second-order valence-corrected chi connectivity index (χ2v) is 5.54. The Labute approximate surface area is 131 Å². The van der Waals surface area contributed by atoms with Crippen molar-refractivity contribution in [2.24, 2.45) is 0 Å². The Morgan fingerprint density at radius 1 is 1.32 bits per heavy atom. The average molecular weight is 376 g/mol. The van der Waals surface area contributed by atoms with E-state index in [1.54, 1.807) is 14.1 Å². The van der Waals surface area contributed by atoms with Gasteiger partial charge >= 0.3 is 6.09 Å². The molecule has 1 heterocycles. The second kappa shape index (κ2) is 6.09. The highest BCUT2D eigenvalue weighted by molar-refractivity contribution is 5.74. The zero-order chi connectivity index (χ0) is 13.3. The Morgan fingerprint density at radius 2 is 2.00 bits per heavy atom. The van der Waals surface area contributed by atoms with E-state index < -0.39 is 0 Å². The van der Waals surface area contributed by atoms with Crippen LogP contribution in [0.3, 0.4) is 0 Å². The molecule has 0 aromatic heterocycles. The summed E-state index contributed by atoms with van der Waals surface area (Å²) in [5.74, 6) is 0.691. The third kappa shape index (κ3) is 3.39. The number of nitrogens with zero attached hydrogens (tertiary/aromatic N) is 2. The fraction of sp³-hybridized carbons (Fsp3) is 0.500. The first kappa shape index (κ1) is 16.2. The number of carbonyl (C=O) groups is 1. The van der Waals surface area contributed by atoms with E-state index in [1.807, 2.05) is 12.1 Å². The predicted molar refractivity (Wildman–Crippen MR) is 73.0 cm³/mol. The van der Waals surface area contributed by atoms with Crippen molar-refractivity contribution >= 4 is 11.8 Å². The lowest BCUT2D eigenvalue weighted by Crippen LogP contribution is -3.00. The molecule has 0 radical (unpaired) electrons. The molecule has 5 heteroatoms. The number of rotatable bonds is 1. The summed E-state index contributed by atoms with van der Waals surface area (Å²) in [6, 6.07) is 5.97. The monoisotopic (exact) mass is 376 g/mol. The van der Waals surface area contributed by atoms with Crippen LogP contribution >= 0.6 is 0 Å². The summed E-state index contributed by atoms with van der Waals surface area (Å²) in [7, 11) is 7.70. The minimum absolute atomic E-state index is 0. The third-order valence-corrected chi connectivity index (χ3v) is 3.41. The van der Waals surface area contributed by atoms with Gasteiger partial charge in [0.25, 0.3) is 0 Å². The highest BCUT2D eigenvalue weighted by Crippen LogP contribution is 2.39. The zero-order valence-electron chi connectivity index (χ0n) is 11.9. The van der Waals surface area contributed by atoms with Crippen LogP contribution in [0.25, 0.3) is 0 Å². The first-order valence-electron chi connectivity index (χ1n) is 6.26. The number of carbonyl (C=O) groups excluding carboxylic acids is 1. The summed E-state index contributed by atoms with van der Waals surface area (Å²) in [5, 5.41) is 0. The van der Waals surface area contributed by atoms with Crippen LogP contribution in [0.2, 0.25) is 0 Å². The summed E-state index contributed by atoms with van der Waals surface area (Å²) in [5.41, 5.74) is 2.43. The molecule has 1 aromatic carbocycles. The molecule has 4 nitrogen and oxygen atoms in total. The molecule has 0 saturated carbocycles. The second-order valence-electron chi connectivity index (χ2n) is 5.54. The fourth-order valence-electron chi connectivity index (χ4n) is 2.50. The van der Waals surface area contributed by atoms with Gasteiger partial charge in [-0.05, 0) is 12.5 Å². The van der Waals surface area contributed by atoms with E-state index in [0.717, 1.165) is 23.1 Å². The molecule has 1 aromatic rings. The van der Waals surface area contributed by atoms with Gasteiger partial charge in [-0.25, -0.2) is 4.79 Å². The van der Waals surface area contributed by atoms with E-state index >= 15 is 0 Å². The van der Waals surface area contributed by atoms with Gasteiger partial charge in [-0.15, -0.1) is 0 Å². The molecule has 0 aliphatic carbocycles. The van der Waals surface area contributed by atoms with Crippen molar-refractivity contribution in [2.45, 2.75) is 12.8 Å². The molecule has 1 amide bonds. The largest absolute Gasteiger partial charge is 1.00 e. The van der Waals surface area contributed by atoms with Crippen LogP contribution in [0, 0.1) is 0 Å². The van der Waals surface area contributed by atoms with Crippen LogP contribution in [0.1, 0.15) is 12.0 Å². The molecule has 0 saturated heterocycles. The molecule has 0 spiro atoms. The molecule has 0 fully saturated rings. The van der Waals surface area contributed by atoms with Gasteiger partial charge in [-0.1, -0.05) is 12.1 Å². The summed E-state index contributed by atoms with van der Waals surface area (Å²) in [4.78, 5) is 13.2. The molecular weight excluding hydrogens is 355 g/mol. The maximum absolute atomic E-state index is 11.7. The van der Waals surface area contributed by atoms with E-state index in [1.165, 1.54) is 16.9 Å². The van der Waals surface area contributed by atoms with Crippen LogP contribution in [-0.4, -0.2) is 45.7 Å². The van der Waals surface area contributed by atoms with E-state index in [9.17, 15) is 4.79 Å². The third-order valence-electron chi connectivity index (χ3n) is 3.41. The molecule has 1 aliphatic heterocycles. The van der Waals surface area contributed by atoms with Crippen LogP contribution in [-0.2, 0) is 6.42 Å². The van der Waals surface area contributed by atoms with Gasteiger partial charge in [0.15, 0.2) is 11.4 Å². The summed E-state index contributed by atoms with van der Waals surface area (Å²) >= 11 is 0. The van der Waals surface area contributed by atoms with E-state index in [4.69, 9.17) is 4.74 Å². The van der Waals surface area contributed by atoms with Crippen molar-refractivity contribution in [1.82, 2.24) is 9.38 Å². The first-order chi connectivity index (χ1) is 8.42. The van der Waals surface area contributed by atoms with Crippen molar-refractivity contribution in [3.05, 3.63) is 23.8 Å². The maximum Gasteiger partial charge on any atom is 0.414 e. The molecule has 19 heavy (non-hydrogen) atoms. The van der Waals surface area contributed by atoms with Gasteiger partial charge in [-0.3, -0.25) is 4.48 Å². The van der Waals surface area contributed by atoms with Crippen molar-refractivity contribution in [2.75, 3.05) is 34.7 Å². The normalized spacial score (nSPS) is 16.0. The first-order valence-corrected chi connectivity index (χ1v) is 6.26. The van der Waals surface area contributed by atoms with E-state index in [2.05, 4.69) is 20.2 Å². The number of fused-ring (bicyclic) bond motifs is 1.